The highest BCUT2D eigenvalue weighted by atomic mass is 35.5. The van der Waals surface area contributed by atoms with Crippen molar-refractivity contribution in [2.24, 2.45) is 0 Å². The van der Waals surface area contributed by atoms with E-state index < -0.39 is 0 Å². The zero-order chi connectivity index (χ0) is 19.9. The molecule has 2 aromatic rings. The number of carbonyl (C=O) groups is 2. The lowest BCUT2D eigenvalue weighted by Crippen LogP contribution is -2.50. The Hall–Kier alpha value is -2.24. The molecule has 2 aromatic carbocycles. The number of rotatable bonds is 6. The van der Waals surface area contributed by atoms with Gasteiger partial charge in [0.1, 0.15) is 10.8 Å². The third kappa shape index (κ3) is 5.18. The summed E-state index contributed by atoms with van der Waals surface area (Å²) in [6, 6.07) is 14.4. The van der Waals surface area contributed by atoms with E-state index in [1.165, 1.54) is 0 Å². The van der Waals surface area contributed by atoms with Crippen LogP contribution in [-0.4, -0.2) is 54.4 Å². The van der Waals surface area contributed by atoms with Crippen molar-refractivity contribution in [3.8, 4) is 5.75 Å². The first kappa shape index (κ1) is 20.5. The fraction of sp³-hybridized carbons (Fsp3) is 0.333. The maximum Gasteiger partial charge on any atom is 0.253 e. The molecule has 0 radical (unpaired) electrons. The van der Waals surface area contributed by atoms with Crippen LogP contribution < -0.4 is 4.74 Å². The first-order valence-electron chi connectivity index (χ1n) is 9.25. The Morgan fingerprint density at radius 3 is 2.29 bits per heavy atom. The van der Waals surface area contributed by atoms with Gasteiger partial charge in [0, 0.05) is 38.2 Å². The molecule has 0 aliphatic carbocycles. The molecule has 0 unspecified atom stereocenters. The normalized spacial score (nSPS) is 14.1. The van der Waals surface area contributed by atoms with Gasteiger partial charge in [0.25, 0.3) is 5.91 Å². The standard InChI is InChI=1S/C21H22Cl2N2O3/c22-17-8-4-9-18(20(17)23)28-15-5-10-19(26)24-11-13-25(14-12-24)21(27)16-6-2-1-3-7-16/h1-4,6-9H,5,10-15H2. The first-order chi connectivity index (χ1) is 13.6. The number of piperazine rings is 1. The van der Waals surface area contributed by atoms with Crippen LogP contribution in [0.3, 0.4) is 0 Å². The predicted molar refractivity (Wildman–Crippen MR) is 110 cm³/mol. The smallest absolute Gasteiger partial charge is 0.253 e. The topological polar surface area (TPSA) is 49.9 Å². The van der Waals surface area contributed by atoms with E-state index in [9.17, 15) is 9.59 Å². The molecule has 1 aliphatic heterocycles. The summed E-state index contributed by atoms with van der Waals surface area (Å²) in [6.45, 7) is 2.59. The van der Waals surface area contributed by atoms with E-state index in [1.807, 2.05) is 30.3 Å². The van der Waals surface area contributed by atoms with E-state index in [4.69, 9.17) is 27.9 Å². The van der Waals surface area contributed by atoms with Crippen molar-refractivity contribution in [3.63, 3.8) is 0 Å². The Morgan fingerprint density at radius 1 is 0.893 bits per heavy atom. The van der Waals surface area contributed by atoms with Gasteiger partial charge in [-0.05, 0) is 30.7 Å². The Labute approximate surface area is 174 Å². The van der Waals surface area contributed by atoms with Crippen molar-refractivity contribution in [3.05, 3.63) is 64.1 Å². The molecule has 5 nitrogen and oxygen atoms in total. The maximum atomic E-state index is 12.5. The van der Waals surface area contributed by atoms with Crippen molar-refractivity contribution in [1.29, 1.82) is 0 Å². The van der Waals surface area contributed by atoms with Crippen molar-refractivity contribution in [2.75, 3.05) is 32.8 Å². The van der Waals surface area contributed by atoms with Crippen LogP contribution in [0.5, 0.6) is 5.75 Å². The van der Waals surface area contributed by atoms with Crippen LogP contribution in [0.25, 0.3) is 0 Å². The Kier molecular flexibility index (Phi) is 7.18. The second-order valence-electron chi connectivity index (χ2n) is 6.54. The molecule has 1 saturated heterocycles. The lowest BCUT2D eigenvalue weighted by atomic mass is 10.1. The number of hydrogen-bond donors (Lipinski definition) is 0. The molecule has 0 N–H and O–H groups in total. The molecule has 0 aromatic heterocycles. The minimum absolute atomic E-state index is 0.0134. The van der Waals surface area contributed by atoms with Gasteiger partial charge in [0.15, 0.2) is 0 Å². The van der Waals surface area contributed by atoms with E-state index in [1.54, 1.807) is 28.0 Å². The second-order valence-corrected chi connectivity index (χ2v) is 7.33. The first-order valence-corrected chi connectivity index (χ1v) is 10.0. The number of carbonyl (C=O) groups excluding carboxylic acids is 2. The molecule has 3 rings (SSSR count). The number of nitrogens with zero attached hydrogens (tertiary/aromatic N) is 2. The summed E-state index contributed by atoms with van der Waals surface area (Å²) in [6.07, 6.45) is 0.982. The molecule has 148 valence electrons. The largest absolute Gasteiger partial charge is 0.492 e. The van der Waals surface area contributed by atoms with E-state index in [-0.39, 0.29) is 11.8 Å². The quantitative estimate of drug-likeness (QED) is 0.659. The van der Waals surface area contributed by atoms with Crippen LogP contribution in [0.15, 0.2) is 48.5 Å². The number of hydrogen-bond acceptors (Lipinski definition) is 3. The van der Waals surface area contributed by atoms with Gasteiger partial charge in [-0.25, -0.2) is 0 Å². The fourth-order valence-corrected chi connectivity index (χ4v) is 3.43. The van der Waals surface area contributed by atoms with Crippen LogP contribution in [0.1, 0.15) is 23.2 Å². The highest BCUT2D eigenvalue weighted by Crippen LogP contribution is 2.31. The van der Waals surface area contributed by atoms with E-state index >= 15 is 0 Å². The van der Waals surface area contributed by atoms with Gasteiger partial charge < -0.3 is 14.5 Å². The second kappa shape index (κ2) is 9.80. The average Bonchev–Trinajstić information content (AvgIpc) is 2.74. The highest BCUT2D eigenvalue weighted by molar-refractivity contribution is 6.42. The van der Waals surface area contributed by atoms with Crippen LogP contribution >= 0.6 is 23.2 Å². The zero-order valence-corrected chi connectivity index (χ0v) is 17.0. The molecule has 28 heavy (non-hydrogen) atoms. The zero-order valence-electron chi connectivity index (χ0n) is 15.4. The Balaban J connectivity index is 1.39. The lowest BCUT2D eigenvalue weighted by Gasteiger charge is -2.35. The van der Waals surface area contributed by atoms with Crippen LogP contribution in [0, 0.1) is 0 Å². The van der Waals surface area contributed by atoms with Gasteiger partial charge in [0.05, 0.1) is 11.6 Å². The van der Waals surface area contributed by atoms with Crippen molar-refractivity contribution in [2.45, 2.75) is 12.8 Å². The monoisotopic (exact) mass is 420 g/mol. The minimum atomic E-state index is 0.0134. The predicted octanol–water partition coefficient (Wildman–Crippen LogP) is 4.14. The number of ether oxygens (including phenoxy) is 1. The summed E-state index contributed by atoms with van der Waals surface area (Å²) in [5, 5.41) is 0.827. The molecule has 1 aliphatic rings. The molecule has 7 heteroatoms. The average molecular weight is 421 g/mol. The van der Waals surface area contributed by atoms with Crippen molar-refractivity contribution < 1.29 is 14.3 Å². The summed E-state index contributed by atoms with van der Waals surface area (Å²) >= 11 is 12.0. The van der Waals surface area contributed by atoms with Crippen molar-refractivity contribution in [1.82, 2.24) is 9.80 Å². The molecule has 1 heterocycles. The van der Waals surface area contributed by atoms with E-state index in [0.29, 0.717) is 67.0 Å². The maximum absolute atomic E-state index is 12.5. The highest BCUT2D eigenvalue weighted by Gasteiger charge is 2.24. The third-order valence-electron chi connectivity index (χ3n) is 4.65. The van der Waals surface area contributed by atoms with Crippen LogP contribution in [0.4, 0.5) is 0 Å². The molecule has 0 atom stereocenters. The van der Waals surface area contributed by atoms with Crippen molar-refractivity contribution >= 4 is 35.0 Å². The van der Waals surface area contributed by atoms with E-state index in [2.05, 4.69) is 0 Å². The Morgan fingerprint density at radius 2 is 1.57 bits per heavy atom. The Bertz CT molecular complexity index is 822. The summed E-state index contributed by atoms with van der Waals surface area (Å²) in [7, 11) is 0. The molecule has 2 amide bonds. The van der Waals surface area contributed by atoms with Crippen LogP contribution in [-0.2, 0) is 4.79 Å². The fourth-order valence-electron chi connectivity index (χ4n) is 3.08. The molecular weight excluding hydrogens is 399 g/mol. The van der Waals surface area contributed by atoms with Gasteiger partial charge >= 0.3 is 0 Å². The summed E-state index contributed by atoms with van der Waals surface area (Å²) in [4.78, 5) is 28.5. The molecule has 0 saturated carbocycles. The third-order valence-corrected chi connectivity index (χ3v) is 5.45. The lowest BCUT2D eigenvalue weighted by molar-refractivity contribution is -0.132. The molecule has 1 fully saturated rings. The molecule has 0 bridgehead atoms. The van der Waals surface area contributed by atoms with Gasteiger partial charge in [-0.3, -0.25) is 9.59 Å². The molecule has 0 spiro atoms. The van der Waals surface area contributed by atoms with Gasteiger partial charge in [-0.1, -0.05) is 47.5 Å². The number of benzene rings is 2. The SMILES string of the molecule is O=C(CCCOc1cccc(Cl)c1Cl)N1CCN(C(=O)c2ccccc2)CC1. The summed E-state index contributed by atoms with van der Waals surface area (Å²) in [5.74, 6) is 0.613. The van der Waals surface area contributed by atoms with Gasteiger partial charge in [-0.15, -0.1) is 0 Å². The number of amides is 2. The van der Waals surface area contributed by atoms with Crippen LogP contribution in [0.2, 0.25) is 10.0 Å². The number of halogens is 2. The van der Waals surface area contributed by atoms with Gasteiger partial charge in [0.2, 0.25) is 5.91 Å². The summed E-state index contributed by atoms with van der Waals surface area (Å²) < 4.78 is 5.61. The van der Waals surface area contributed by atoms with Gasteiger partial charge in [-0.2, -0.15) is 0 Å². The molecular formula is C21H22Cl2N2O3. The summed E-state index contributed by atoms with van der Waals surface area (Å²) in [5.41, 5.74) is 0.680. The van der Waals surface area contributed by atoms with E-state index in [0.717, 1.165) is 0 Å². The minimum Gasteiger partial charge on any atom is -0.492 e.